The molecule has 3 heteroatoms. The maximum Gasteiger partial charge on any atom is 0.126 e. The Labute approximate surface area is 121 Å². The number of fused-ring (bicyclic) bond motifs is 1. The van der Waals surface area contributed by atoms with E-state index >= 15 is 0 Å². The van der Waals surface area contributed by atoms with E-state index in [1.807, 2.05) is 25.2 Å². The molecule has 98 valence electrons. The van der Waals surface area contributed by atoms with Crippen molar-refractivity contribution >= 4 is 15.9 Å². The van der Waals surface area contributed by atoms with Crippen molar-refractivity contribution in [2.45, 2.75) is 18.6 Å². The average molecular weight is 318 g/mol. The van der Waals surface area contributed by atoms with E-state index < -0.39 is 0 Å². The fourth-order valence-electron chi connectivity index (χ4n) is 2.60. The third-order valence-electron chi connectivity index (χ3n) is 3.58. The summed E-state index contributed by atoms with van der Waals surface area (Å²) in [6.07, 6.45) is 1.05. The van der Waals surface area contributed by atoms with Crippen molar-refractivity contribution in [2.75, 3.05) is 7.05 Å². The van der Waals surface area contributed by atoms with Crippen molar-refractivity contribution in [3.8, 4) is 5.75 Å². The summed E-state index contributed by atoms with van der Waals surface area (Å²) < 4.78 is 7.24. The molecule has 0 fully saturated rings. The Morgan fingerprint density at radius 1 is 1.16 bits per heavy atom. The number of rotatable bonds is 2. The number of hydrogen-bond acceptors (Lipinski definition) is 2. The summed E-state index contributed by atoms with van der Waals surface area (Å²) in [6, 6.07) is 16.9. The van der Waals surface area contributed by atoms with Gasteiger partial charge in [0.25, 0.3) is 0 Å². The minimum absolute atomic E-state index is 0.102. The second-order valence-corrected chi connectivity index (χ2v) is 5.69. The van der Waals surface area contributed by atoms with Gasteiger partial charge >= 0.3 is 0 Å². The lowest BCUT2D eigenvalue weighted by atomic mass is 9.93. The normalized spacial score (nSPS) is 21.6. The Kier molecular flexibility index (Phi) is 3.58. The Morgan fingerprint density at radius 2 is 2.00 bits per heavy atom. The number of para-hydroxylation sites is 1. The van der Waals surface area contributed by atoms with E-state index in [0.717, 1.165) is 16.6 Å². The predicted octanol–water partition coefficient (Wildman–Crippen LogP) is 4.23. The van der Waals surface area contributed by atoms with Crippen LogP contribution in [0, 0.1) is 0 Å². The highest BCUT2D eigenvalue weighted by Crippen LogP contribution is 2.40. The van der Waals surface area contributed by atoms with Crippen LogP contribution in [0.1, 0.15) is 29.7 Å². The van der Waals surface area contributed by atoms with Gasteiger partial charge in [0.15, 0.2) is 0 Å². The minimum Gasteiger partial charge on any atom is -0.485 e. The van der Waals surface area contributed by atoms with E-state index in [0.29, 0.717) is 6.04 Å². The molecule has 2 aromatic rings. The summed E-state index contributed by atoms with van der Waals surface area (Å²) in [7, 11) is 2.00. The summed E-state index contributed by atoms with van der Waals surface area (Å²) in [5.41, 5.74) is 2.46. The molecule has 3 rings (SSSR count). The molecule has 0 saturated carbocycles. The second kappa shape index (κ2) is 5.35. The standard InChI is InChI=1S/C16H16BrNO/c1-18-14-10-16(11-5-4-6-12(17)9-11)19-15-8-3-2-7-13(14)15/h2-9,14,16,18H,10H2,1H3. The molecular formula is C16H16BrNO. The minimum atomic E-state index is 0.102. The molecule has 2 nitrogen and oxygen atoms in total. The molecule has 0 amide bonds. The molecule has 1 aliphatic heterocycles. The van der Waals surface area contributed by atoms with E-state index in [1.54, 1.807) is 0 Å². The van der Waals surface area contributed by atoms with Crippen LogP contribution in [-0.4, -0.2) is 7.05 Å². The zero-order chi connectivity index (χ0) is 13.2. The van der Waals surface area contributed by atoms with E-state index in [9.17, 15) is 0 Å². The van der Waals surface area contributed by atoms with Gasteiger partial charge in [0.05, 0.1) is 0 Å². The largest absolute Gasteiger partial charge is 0.485 e. The summed E-state index contributed by atoms with van der Waals surface area (Å²) in [6.45, 7) is 0. The highest BCUT2D eigenvalue weighted by Gasteiger charge is 2.28. The SMILES string of the molecule is CNC1CC(c2cccc(Br)c2)Oc2ccccc21. The van der Waals surface area contributed by atoms with Gasteiger partial charge in [-0.15, -0.1) is 0 Å². The molecule has 1 aliphatic rings. The van der Waals surface area contributed by atoms with Gasteiger partial charge in [-0.3, -0.25) is 0 Å². The highest BCUT2D eigenvalue weighted by atomic mass is 79.9. The Bertz CT molecular complexity index is 584. The van der Waals surface area contributed by atoms with Gasteiger partial charge < -0.3 is 10.1 Å². The van der Waals surface area contributed by atoms with Crippen molar-refractivity contribution in [1.82, 2.24) is 5.32 Å². The lowest BCUT2D eigenvalue weighted by molar-refractivity contribution is 0.154. The third-order valence-corrected chi connectivity index (χ3v) is 4.08. The molecule has 19 heavy (non-hydrogen) atoms. The zero-order valence-corrected chi connectivity index (χ0v) is 12.4. The lowest BCUT2D eigenvalue weighted by Crippen LogP contribution is -2.26. The zero-order valence-electron chi connectivity index (χ0n) is 10.8. The molecule has 0 aliphatic carbocycles. The van der Waals surface area contributed by atoms with E-state index in [-0.39, 0.29) is 6.10 Å². The summed E-state index contributed by atoms with van der Waals surface area (Å²) in [5.74, 6) is 0.984. The molecule has 0 aromatic heterocycles. The van der Waals surface area contributed by atoms with Gasteiger partial charge in [-0.2, -0.15) is 0 Å². The summed E-state index contributed by atoms with van der Waals surface area (Å²) >= 11 is 3.52. The molecule has 2 unspecified atom stereocenters. The predicted molar refractivity (Wildman–Crippen MR) is 80.4 cm³/mol. The number of ether oxygens (including phenoxy) is 1. The number of benzene rings is 2. The fourth-order valence-corrected chi connectivity index (χ4v) is 3.02. The maximum atomic E-state index is 6.14. The van der Waals surface area contributed by atoms with Crippen molar-refractivity contribution in [3.63, 3.8) is 0 Å². The maximum absolute atomic E-state index is 6.14. The summed E-state index contributed by atoms with van der Waals surface area (Å²) in [4.78, 5) is 0. The van der Waals surface area contributed by atoms with Gasteiger partial charge in [0.2, 0.25) is 0 Å². The topological polar surface area (TPSA) is 21.3 Å². The van der Waals surface area contributed by atoms with Crippen LogP contribution in [0.15, 0.2) is 53.0 Å². The Balaban J connectivity index is 1.95. The van der Waals surface area contributed by atoms with Gasteiger partial charge in [-0.1, -0.05) is 46.3 Å². The van der Waals surface area contributed by atoms with Gasteiger partial charge in [0.1, 0.15) is 11.9 Å². The quantitative estimate of drug-likeness (QED) is 0.894. The number of halogens is 1. The first-order valence-electron chi connectivity index (χ1n) is 6.46. The molecule has 1 N–H and O–H groups in total. The van der Waals surface area contributed by atoms with Crippen LogP contribution >= 0.6 is 15.9 Å². The number of hydrogen-bond donors (Lipinski definition) is 1. The van der Waals surface area contributed by atoms with E-state index in [1.165, 1.54) is 11.1 Å². The fraction of sp³-hybridized carbons (Fsp3) is 0.250. The number of nitrogens with one attached hydrogen (secondary N) is 1. The van der Waals surface area contributed by atoms with Crippen LogP contribution in [0.5, 0.6) is 5.75 Å². The molecule has 1 heterocycles. The van der Waals surface area contributed by atoms with Crippen LogP contribution in [-0.2, 0) is 0 Å². The van der Waals surface area contributed by atoms with Gasteiger partial charge in [0, 0.05) is 22.5 Å². The molecule has 0 bridgehead atoms. The Hall–Kier alpha value is -1.32. The smallest absolute Gasteiger partial charge is 0.126 e. The monoisotopic (exact) mass is 317 g/mol. The molecule has 0 spiro atoms. The van der Waals surface area contributed by atoms with E-state index in [4.69, 9.17) is 4.74 Å². The van der Waals surface area contributed by atoms with Crippen molar-refractivity contribution in [1.29, 1.82) is 0 Å². The summed E-state index contributed by atoms with van der Waals surface area (Å²) in [5, 5.41) is 3.38. The van der Waals surface area contributed by atoms with Crippen LogP contribution in [0.4, 0.5) is 0 Å². The van der Waals surface area contributed by atoms with Crippen LogP contribution < -0.4 is 10.1 Å². The average Bonchev–Trinajstić information content (AvgIpc) is 2.46. The first-order valence-corrected chi connectivity index (χ1v) is 7.25. The van der Waals surface area contributed by atoms with Crippen LogP contribution in [0.25, 0.3) is 0 Å². The molecule has 0 radical (unpaired) electrons. The Morgan fingerprint density at radius 3 is 2.79 bits per heavy atom. The first-order chi connectivity index (χ1) is 9.28. The molecule has 2 aromatic carbocycles. The molecular weight excluding hydrogens is 302 g/mol. The van der Waals surface area contributed by atoms with Gasteiger partial charge in [-0.25, -0.2) is 0 Å². The molecule has 0 saturated heterocycles. The highest BCUT2D eigenvalue weighted by molar-refractivity contribution is 9.10. The second-order valence-electron chi connectivity index (χ2n) is 4.78. The first kappa shape index (κ1) is 12.7. The third kappa shape index (κ3) is 2.53. The van der Waals surface area contributed by atoms with E-state index in [2.05, 4.69) is 51.6 Å². The van der Waals surface area contributed by atoms with Crippen molar-refractivity contribution < 1.29 is 4.74 Å². The van der Waals surface area contributed by atoms with Crippen molar-refractivity contribution in [3.05, 3.63) is 64.1 Å². The van der Waals surface area contributed by atoms with Crippen LogP contribution in [0.3, 0.4) is 0 Å². The van der Waals surface area contributed by atoms with Crippen LogP contribution in [0.2, 0.25) is 0 Å². The van der Waals surface area contributed by atoms with Gasteiger partial charge in [-0.05, 0) is 30.8 Å². The molecule has 2 atom stereocenters. The lowest BCUT2D eigenvalue weighted by Gasteiger charge is -2.32. The van der Waals surface area contributed by atoms with Crippen molar-refractivity contribution in [2.24, 2.45) is 0 Å².